The molecular formula is C14H20O4. The van der Waals surface area contributed by atoms with E-state index in [2.05, 4.69) is 0 Å². The van der Waals surface area contributed by atoms with Gasteiger partial charge in [-0.05, 0) is 32.1 Å². The van der Waals surface area contributed by atoms with Crippen LogP contribution in [0.15, 0.2) is 11.3 Å². The molecule has 1 N–H and O–H groups in total. The minimum absolute atomic E-state index is 0.113. The van der Waals surface area contributed by atoms with E-state index in [1.807, 2.05) is 6.92 Å². The summed E-state index contributed by atoms with van der Waals surface area (Å²) in [5.74, 6) is -0.989. The summed E-state index contributed by atoms with van der Waals surface area (Å²) in [6.07, 6.45) is 5.96. The lowest BCUT2D eigenvalue weighted by molar-refractivity contribution is -0.167. The predicted octanol–water partition coefficient (Wildman–Crippen LogP) is 2.82. The molecule has 0 atom stereocenters. The van der Waals surface area contributed by atoms with Gasteiger partial charge in [0.05, 0.1) is 6.42 Å². The summed E-state index contributed by atoms with van der Waals surface area (Å²) in [6.45, 7) is 1.89. The Balaban J connectivity index is 2.20. The summed E-state index contributed by atoms with van der Waals surface area (Å²) < 4.78 is 5.49. The van der Waals surface area contributed by atoms with Crippen LogP contribution in [-0.4, -0.2) is 22.5 Å². The Labute approximate surface area is 107 Å². The molecular weight excluding hydrogens is 232 g/mol. The van der Waals surface area contributed by atoms with Crippen molar-refractivity contribution in [2.24, 2.45) is 0 Å². The summed E-state index contributed by atoms with van der Waals surface area (Å²) >= 11 is 0. The molecule has 0 aromatic rings. The summed E-state index contributed by atoms with van der Waals surface area (Å²) in [4.78, 5) is 24.0. The van der Waals surface area contributed by atoms with Crippen LogP contribution in [0.1, 0.15) is 58.3 Å². The molecule has 0 radical (unpaired) electrons. The first-order valence-electron chi connectivity index (χ1n) is 6.76. The number of aliphatic hydroxyl groups excluding tert-OH is 1. The molecule has 2 fully saturated rings. The van der Waals surface area contributed by atoms with Crippen LogP contribution in [0.3, 0.4) is 0 Å². The normalized spacial score (nSPS) is 26.1. The Morgan fingerprint density at radius 1 is 1.28 bits per heavy atom. The van der Waals surface area contributed by atoms with Crippen LogP contribution in [0.4, 0.5) is 0 Å². The van der Waals surface area contributed by atoms with Gasteiger partial charge in [-0.1, -0.05) is 13.3 Å². The van der Waals surface area contributed by atoms with Crippen molar-refractivity contribution < 1.29 is 19.4 Å². The van der Waals surface area contributed by atoms with Gasteiger partial charge in [0.15, 0.2) is 5.78 Å². The van der Waals surface area contributed by atoms with Crippen LogP contribution < -0.4 is 0 Å². The fourth-order valence-corrected chi connectivity index (χ4v) is 2.89. The summed E-state index contributed by atoms with van der Waals surface area (Å²) in [5.41, 5.74) is -0.698. The average Bonchev–Trinajstić information content (AvgIpc) is 2.28. The van der Waals surface area contributed by atoms with E-state index >= 15 is 0 Å². The maximum absolute atomic E-state index is 12.1. The van der Waals surface area contributed by atoms with E-state index in [-0.39, 0.29) is 23.5 Å². The molecule has 1 spiro atoms. The number of esters is 1. The Hall–Kier alpha value is -1.32. The molecule has 0 amide bonds. The highest BCUT2D eigenvalue weighted by Gasteiger charge is 2.45. The van der Waals surface area contributed by atoms with E-state index in [1.165, 1.54) is 0 Å². The molecule has 1 heterocycles. The second-order valence-electron chi connectivity index (χ2n) is 5.30. The van der Waals surface area contributed by atoms with Gasteiger partial charge in [0.25, 0.3) is 0 Å². The lowest BCUT2D eigenvalue weighted by Crippen LogP contribution is -2.45. The number of ether oxygens (including phenoxy) is 1. The topological polar surface area (TPSA) is 63.6 Å². The molecule has 4 heteroatoms. The number of hydrogen-bond acceptors (Lipinski definition) is 4. The standard InChI is InChI=1S/C14H20O4/c1-2-6-10(15)12-11(16)9-14(18-13(12)17)7-4-3-5-8-14/h15H,2-9H2,1H3. The van der Waals surface area contributed by atoms with Crippen molar-refractivity contribution in [1.82, 2.24) is 0 Å². The van der Waals surface area contributed by atoms with E-state index in [1.54, 1.807) is 0 Å². The molecule has 2 aliphatic rings. The van der Waals surface area contributed by atoms with E-state index in [4.69, 9.17) is 4.74 Å². The largest absolute Gasteiger partial charge is 0.511 e. The Morgan fingerprint density at radius 3 is 2.50 bits per heavy atom. The molecule has 0 aromatic heterocycles. The van der Waals surface area contributed by atoms with E-state index in [0.717, 1.165) is 32.1 Å². The number of ketones is 1. The number of aliphatic hydroxyl groups is 1. The predicted molar refractivity (Wildman–Crippen MR) is 66.1 cm³/mol. The number of carbonyl (C=O) groups excluding carboxylic acids is 2. The Morgan fingerprint density at radius 2 is 1.94 bits per heavy atom. The van der Waals surface area contributed by atoms with Crippen molar-refractivity contribution >= 4 is 11.8 Å². The van der Waals surface area contributed by atoms with E-state index in [0.29, 0.717) is 12.8 Å². The van der Waals surface area contributed by atoms with Crippen molar-refractivity contribution in [3.8, 4) is 0 Å². The average molecular weight is 252 g/mol. The highest BCUT2D eigenvalue weighted by Crippen LogP contribution is 2.39. The second kappa shape index (κ2) is 5.12. The zero-order valence-corrected chi connectivity index (χ0v) is 10.8. The number of hydrogen-bond donors (Lipinski definition) is 1. The van der Waals surface area contributed by atoms with Gasteiger partial charge in [-0.3, -0.25) is 4.79 Å². The van der Waals surface area contributed by atoms with Crippen molar-refractivity contribution in [2.75, 3.05) is 0 Å². The third-order valence-corrected chi connectivity index (χ3v) is 3.82. The van der Waals surface area contributed by atoms with Gasteiger partial charge in [0.1, 0.15) is 16.9 Å². The smallest absolute Gasteiger partial charge is 0.345 e. The van der Waals surface area contributed by atoms with Crippen molar-refractivity contribution in [1.29, 1.82) is 0 Å². The molecule has 2 rings (SSSR count). The van der Waals surface area contributed by atoms with Crippen LogP contribution in [0, 0.1) is 0 Å². The molecule has 0 unspecified atom stereocenters. The van der Waals surface area contributed by atoms with Gasteiger partial charge < -0.3 is 9.84 Å². The third kappa shape index (κ3) is 2.42. The van der Waals surface area contributed by atoms with Crippen LogP contribution in [0.25, 0.3) is 0 Å². The van der Waals surface area contributed by atoms with Crippen molar-refractivity contribution in [2.45, 2.75) is 63.9 Å². The van der Waals surface area contributed by atoms with Crippen LogP contribution in [-0.2, 0) is 14.3 Å². The number of carbonyl (C=O) groups is 2. The zero-order valence-electron chi connectivity index (χ0n) is 10.8. The monoisotopic (exact) mass is 252 g/mol. The summed E-state index contributed by atoms with van der Waals surface area (Å²) in [7, 11) is 0. The number of allylic oxidation sites excluding steroid dienone is 1. The fourth-order valence-electron chi connectivity index (χ4n) is 2.89. The first kappa shape index (κ1) is 13.1. The zero-order chi connectivity index (χ0) is 13.2. The quantitative estimate of drug-likeness (QED) is 0.355. The maximum Gasteiger partial charge on any atom is 0.345 e. The molecule has 18 heavy (non-hydrogen) atoms. The van der Waals surface area contributed by atoms with E-state index < -0.39 is 11.6 Å². The van der Waals surface area contributed by atoms with E-state index in [9.17, 15) is 14.7 Å². The van der Waals surface area contributed by atoms with Crippen molar-refractivity contribution in [3.05, 3.63) is 11.3 Å². The molecule has 1 saturated heterocycles. The van der Waals surface area contributed by atoms with Gasteiger partial charge in [-0.2, -0.15) is 0 Å². The van der Waals surface area contributed by atoms with Gasteiger partial charge >= 0.3 is 5.97 Å². The van der Waals surface area contributed by atoms with Crippen molar-refractivity contribution in [3.63, 3.8) is 0 Å². The SMILES string of the molecule is CCCC(O)=C1C(=O)CC2(CCCCC2)OC1=O. The molecule has 100 valence electrons. The van der Waals surface area contributed by atoms with Gasteiger partial charge in [-0.25, -0.2) is 4.79 Å². The van der Waals surface area contributed by atoms with Crippen LogP contribution >= 0.6 is 0 Å². The highest BCUT2D eigenvalue weighted by molar-refractivity contribution is 6.19. The third-order valence-electron chi connectivity index (χ3n) is 3.82. The Bertz CT molecular complexity index is 367. The number of Topliss-reactive ketones (excluding diaryl/α,β-unsaturated/α-hetero) is 1. The highest BCUT2D eigenvalue weighted by atomic mass is 16.6. The fraction of sp³-hybridized carbons (Fsp3) is 0.714. The molecule has 1 aliphatic heterocycles. The van der Waals surface area contributed by atoms with Gasteiger partial charge in [0, 0.05) is 6.42 Å². The summed E-state index contributed by atoms with van der Waals surface area (Å²) in [6, 6.07) is 0. The Kier molecular flexibility index (Phi) is 3.73. The number of rotatable bonds is 2. The van der Waals surface area contributed by atoms with Gasteiger partial charge in [-0.15, -0.1) is 0 Å². The maximum atomic E-state index is 12.1. The first-order valence-corrected chi connectivity index (χ1v) is 6.76. The minimum atomic E-state index is -0.626. The molecule has 0 bridgehead atoms. The summed E-state index contributed by atoms with van der Waals surface area (Å²) in [5, 5.41) is 9.76. The second-order valence-corrected chi connectivity index (χ2v) is 5.30. The molecule has 0 aromatic carbocycles. The van der Waals surface area contributed by atoms with Crippen LogP contribution in [0.5, 0.6) is 0 Å². The lowest BCUT2D eigenvalue weighted by Gasteiger charge is -2.39. The van der Waals surface area contributed by atoms with Crippen LogP contribution in [0.2, 0.25) is 0 Å². The molecule has 4 nitrogen and oxygen atoms in total. The van der Waals surface area contributed by atoms with Gasteiger partial charge in [0.2, 0.25) is 0 Å². The lowest BCUT2D eigenvalue weighted by atomic mass is 9.78. The first-order chi connectivity index (χ1) is 8.58. The molecule has 1 saturated carbocycles. The molecule has 1 aliphatic carbocycles. The minimum Gasteiger partial charge on any atom is -0.511 e.